The number of nitrogens with one attached hydrogen (secondary N) is 2. The van der Waals surface area contributed by atoms with Crippen molar-refractivity contribution in [3.05, 3.63) is 111 Å². The SMILES string of the molecule is Cc1cccc(C)c1-c1cc(=O)[nH]c(NSc2cccc(C(=O)N3CCCN(C(=O)OCc4ccccc4)CC3)c2)n1. The number of hydrogen-bond acceptors (Lipinski definition) is 7. The molecule has 2 amide bonds. The van der Waals surface area contributed by atoms with Gasteiger partial charge < -0.3 is 14.5 Å². The summed E-state index contributed by atoms with van der Waals surface area (Å²) in [5.41, 5.74) is 4.84. The molecule has 9 nitrogen and oxygen atoms in total. The predicted molar refractivity (Wildman–Crippen MR) is 164 cm³/mol. The van der Waals surface area contributed by atoms with Crippen LogP contribution >= 0.6 is 11.9 Å². The minimum atomic E-state index is -0.370. The standard InChI is InChI=1S/C32H33N5O4S/c1-22-9-6-10-23(2)29(22)27-20-28(38)34-31(33-27)35-42-26-14-7-13-25(19-26)30(39)36-15-8-16-37(18-17-36)32(40)41-21-24-11-4-3-5-12-24/h3-7,9-14,19-20H,8,15-18,21H2,1-2H3,(H2,33,34,35,38). The Bertz CT molecular complexity index is 1600. The van der Waals surface area contributed by atoms with Gasteiger partial charge in [0, 0.05) is 48.3 Å². The molecule has 0 radical (unpaired) electrons. The third kappa shape index (κ3) is 7.19. The molecule has 216 valence electrons. The zero-order valence-electron chi connectivity index (χ0n) is 23.6. The van der Waals surface area contributed by atoms with Gasteiger partial charge in [-0.2, -0.15) is 0 Å². The molecule has 42 heavy (non-hydrogen) atoms. The number of aromatic amines is 1. The van der Waals surface area contributed by atoms with Crippen molar-refractivity contribution in [3.8, 4) is 11.3 Å². The van der Waals surface area contributed by atoms with E-state index < -0.39 is 0 Å². The lowest BCUT2D eigenvalue weighted by Gasteiger charge is -2.22. The smallest absolute Gasteiger partial charge is 0.410 e. The minimum Gasteiger partial charge on any atom is -0.445 e. The van der Waals surface area contributed by atoms with Gasteiger partial charge in [0.25, 0.3) is 11.5 Å². The summed E-state index contributed by atoms with van der Waals surface area (Å²) in [5.74, 6) is 0.231. The second-order valence-electron chi connectivity index (χ2n) is 10.2. The van der Waals surface area contributed by atoms with Crippen molar-refractivity contribution in [1.82, 2.24) is 19.8 Å². The Morgan fingerprint density at radius 1 is 0.905 bits per heavy atom. The largest absolute Gasteiger partial charge is 0.445 e. The van der Waals surface area contributed by atoms with Crippen molar-refractivity contribution in [2.24, 2.45) is 0 Å². The fourth-order valence-corrected chi connectivity index (χ4v) is 5.59. The highest BCUT2D eigenvalue weighted by Gasteiger charge is 2.24. The predicted octanol–water partition coefficient (Wildman–Crippen LogP) is 5.66. The highest BCUT2D eigenvalue weighted by molar-refractivity contribution is 8.00. The average molecular weight is 584 g/mol. The number of carbonyl (C=O) groups is 2. The van der Waals surface area contributed by atoms with Crippen molar-refractivity contribution in [3.63, 3.8) is 0 Å². The van der Waals surface area contributed by atoms with Crippen LogP contribution in [0.1, 0.15) is 33.5 Å². The van der Waals surface area contributed by atoms with Crippen LogP contribution in [0.15, 0.2) is 88.6 Å². The van der Waals surface area contributed by atoms with Gasteiger partial charge in [-0.15, -0.1) is 0 Å². The van der Waals surface area contributed by atoms with Gasteiger partial charge in [0.15, 0.2) is 0 Å². The molecule has 1 aliphatic heterocycles. The van der Waals surface area contributed by atoms with E-state index in [9.17, 15) is 14.4 Å². The third-order valence-corrected chi connectivity index (χ3v) is 7.86. The van der Waals surface area contributed by atoms with Gasteiger partial charge in [-0.1, -0.05) is 54.6 Å². The maximum Gasteiger partial charge on any atom is 0.410 e. The topological polar surface area (TPSA) is 108 Å². The Hall–Kier alpha value is -4.57. The molecule has 1 fully saturated rings. The molecule has 0 atom stereocenters. The highest BCUT2D eigenvalue weighted by Crippen LogP contribution is 2.26. The van der Waals surface area contributed by atoms with E-state index in [1.54, 1.807) is 15.9 Å². The zero-order chi connectivity index (χ0) is 29.5. The number of benzene rings is 3. The van der Waals surface area contributed by atoms with E-state index >= 15 is 0 Å². The molecule has 0 saturated carbocycles. The molecular weight excluding hydrogens is 550 g/mol. The normalized spacial score (nSPS) is 13.4. The fourth-order valence-electron chi connectivity index (χ4n) is 4.95. The first-order valence-electron chi connectivity index (χ1n) is 13.8. The van der Waals surface area contributed by atoms with Crippen LogP contribution in [-0.2, 0) is 11.3 Å². The Balaban J connectivity index is 1.19. The number of H-pyrrole nitrogens is 1. The molecule has 2 N–H and O–H groups in total. The number of ether oxygens (including phenoxy) is 1. The Morgan fingerprint density at radius 3 is 2.40 bits per heavy atom. The zero-order valence-corrected chi connectivity index (χ0v) is 24.4. The molecular formula is C32H33N5O4S. The number of rotatable bonds is 7. The van der Waals surface area contributed by atoms with E-state index in [-0.39, 0.29) is 24.2 Å². The number of hydrogen-bond donors (Lipinski definition) is 2. The molecule has 2 heterocycles. The van der Waals surface area contributed by atoms with Crippen molar-refractivity contribution in [1.29, 1.82) is 0 Å². The van der Waals surface area contributed by atoms with E-state index in [0.717, 1.165) is 27.1 Å². The van der Waals surface area contributed by atoms with Gasteiger partial charge in [-0.25, -0.2) is 9.78 Å². The molecule has 4 aromatic rings. The maximum atomic E-state index is 13.4. The summed E-state index contributed by atoms with van der Waals surface area (Å²) in [7, 11) is 0. The highest BCUT2D eigenvalue weighted by atomic mass is 32.2. The van der Waals surface area contributed by atoms with Crippen molar-refractivity contribution < 1.29 is 14.3 Å². The van der Waals surface area contributed by atoms with Crippen molar-refractivity contribution in [2.75, 3.05) is 30.9 Å². The Labute approximate surface area is 249 Å². The van der Waals surface area contributed by atoms with E-state index in [2.05, 4.69) is 14.7 Å². The first-order valence-corrected chi connectivity index (χ1v) is 14.6. The van der Waals surface area contributed by atoms with Crippen LogP contribution in [0.2, 0.25) is 0 Å². The Kier molecular flexibility index (Phi) is 9.23. The van der Waals surface area contributed by atoms with E-state index in [0.29, 0.717) is 49.8 Å². The minimum absolute atomic E-state index is 0.0967. The third-order valence-electron chi connectivity index (χ3n) is 7.07. The monoisotopic (exact) mass is 583 g/mol. The average Bonchev–Trinajstić information content (AvgIpc) is 3.25. The molecule has 0 unspecified atom stereocenters. The number of nitrogens with zero attached hydrogens (tertiary/aromatic N) is 3. The van der Waals surface area contributed by atoms with Crippen LogP contribution in [0.3, 0.4) is 0 Å². The molecule has 0 bridgehead atoms. The maximum absolute atomic E-state index is 13.4. The number of aryl methyl sites for hydroxylation is 2. The number of carbonyl (C=O) groups excluding carboxylic acids is 2. The van der Waals surface area contributed by atoms with Crippen LogP contribution in [0, 0.1) is 13.8 Å². The molecule has 1 saturated heterocycles. The first-order chi connectivity index (χ1) is 20.4. The van der Waals surface area contributed by atoms with E-state index in [1.165, 1.54) is 18.0 Å². The lowest BCUT2D eigenvalue weighted by molar-refractivity contribution is 0.0748. The number of anilines is 1. The lowest BCUT2D eigenvalue weighted by Crippen LogP contribution is -2.37. The van der Waals surface area contributed by atoms with Gasteiger partial charge >= 0.3 is 6.09 Å². The molecule has 0 aliphatic carbocycles. The Morgan fingerprint density at radius 2 is 1.62 bits per heavy atom. The van der Waals surface area contributed by atoms with Crippen LogP contribution in [0.25, 0.3) is 11.3 Å². The molecule has 0 spiro atoms. The summed E-state index contributed by atoms with van der Waals surface area (Å²) in [6.07, 6.45) is 0.295. The summed E-state index contributed by atoms with van der Waals surface area (Å²) >= 11 is 1.26. The van der Waals surface area contributed by atoms with Crippen molar-refractivity contribution in [2.45, 2.75) is 31.8 Å². The van der Waals surface area contributed by atoms with Crippen LogP contribution in [-0.4, -0.2) is 57.9 Å². The quantitative estimate of drug-likeness (QED) is 0.271. The lowest BCUT2D eigenvalue weighted by atomic mass is 10.00. The molecule has 1 aliphatic rings. The summed E-state index contributed by atoms with van der Waals surface area (Å²) < 4.78 is 8.60. The number of aromatic nitrogens is 2. The molecule has 1 aromatic heterocycles. The van der Waals surface area contributed by atoms with Gasteiger partial charge in [0.05, 0.1) is 5.69 Å². The second-order valence-corrected chi connectivity index (χ2v) is 11.0. The van der Waals surface area contributed by atoms with Crippen LogP contribution in [0.5, 0.6) is 0 Å². The van der Waals surface area contributed by atoms with E-state index in [1.807, 2.05) is 80.6 Å². The molecule has 10 heteroatoms. The van der Waals surface area contributed by atoms with E-state index in [4.69, 9.17) is 4.74 Å². The van der Waals surface area contributed by atoms with Gasteiger partial charge in [0.1, 0.15) is 6.61 Å². The molecule has 3 aromatic carbocycles. The number of amides is 2. The van der Waals surface area contributed by atoms with Crippen molar-refractivity contribution >= 4 is 29.9 Å². The van der Waals surface area contributed by atoms with Gasteiger partial charge in [-0.3, -0.25) is 19.3 Å². The molecule has 5 rings (SSSR count). The summed E-state index contributed by atoms with van der Waals surface area (Å²) in [6.45, 7) is 6.12. The van der Waals surface area contributed by atoms with Gasteiger partial charge in [0.2, 0.25) is 5.95 Å². The summed E-state index contributed by atoms with van der Waals surface area (Å²) in [4.78, 5) is 50.0. The second kappa shape index (κ2) is 13.4. The summed E-state index contributed by atoms with van der Waals surface area (Å²) in [5, 5.41) is 0. The first kappa shape index (κ1) is 28.9. The van der Waals surface area contributed by atoms with Crippen LogP contribution in [0.4, 0.5) is 10.7 Å². The summed E-state index contributed by atoms with van der Waals surface area (Å²) in [6, 6.07) is 24.3. The van der Waals surface area contributed by atoms with Crippen LogP contribution < -0.4 is 10.3 Å². The van der Waals surface area contributed by atoms with Gasteiger partial charge in [-0.05, 0) is 67.1 Å². The fraction of sp³-hybridized carbons (Fsp3) is 0.250.